The lowest BCUT2D eigenvalue weighted by Gasteiger charge is -2.28. The van der Waals surface area contributed by atoms with Gasteiger partial charge >= 0.3 is 0 Å². The molecular weight excluding hydrogens is 375 g/mol. The lowest BCUT2D eigenvalue weighted by atomic mass is 10.1. The maximum Gasteiger partial charge on any atom is 0.261 e. The fourth-order valence-corrected chi connectivity index (χ4v) is 2.84. The van der Waals surface area contributed by atoms with Gasteiger partial charge in [0.05, 0.1) is 0 Å². The number of benzene rings is 2. The Labute approximate surface area is 162 Å². The second kappa shape index (κ2) is 9.46. The van der Waals surface area contributed by atoms with Gasteiger partial charge in [0, 0.05) is 23.6 Å². The number of rotatable bonds is 7. The molecule has 1 atom stereocenters. The maximum atomic E-state index is 12.7. The number of amides is 2. The van der Waals surface area contributed by atoms with Crippen LogP contribution in [0.3, 0.4) is 0 Å². The number of halogens is 2. The molecule has 0 saturated carbocycles. The Morgan fingerprint density at radius 2 is 1.85 bits per heavy atom. The molecule has 0 unspecified atom stereocenters. The van der Waals surface area contributed by atoms with Crippen LogP contribution in [0.25, 0.3) is 0 Å². The third kappa shape index (κ3) is 5.38. The standard InChI is InChI=1S/C19H20Cl2N2O3/c1-13(19(25)22-2)23(11-14-8-9-15(20)10-17(14)21)18(24)12-26-16-6-4-3-5-7-16/h3-10,13H,11-12H2,1-2H3,(H,22,25)/t13-/m1/s1. The summed E-state index contributed by atoms with van der Waals surface area (Å²) in [6, 6.07) is 13.4. The Bertz CT molecular complexity index is 769. The van der Waals surface area contributed by atoms with Crippen LogP contribution in [-0.2, 0) is 16.1 Å². The van der Waals surface area contributed by atoms with Gasteiger partial charge in [-0.3, -0.25) is 9.59 Å². The summed E-state index contributed by atoms with van der Waals surface area (Å²) in [5.74, 6) is -0.0166. The maximum absolute atomic E-state index is 12.7. The zero-order chi connectivity index (χ0) is 19.1. The van der Waals surface area contributed by atoms with E-state index in [0.29, 0.717) is 21.4 Å². The average Bonchev–Trinajstić information content (AvgIpc) is 2.65. The molecule has 5 nitrogen and oxygen atoms in total. The number of ether oxygens (including phenoxy) is 1. The van der Waals surface area contributed by atoms with Crippen LogP contribution in [0.5, 0.6) is 5.75 Å². The Morgan fingerprint density at radius 1 is 1.15 bits per heavy atom. The fraction of sp³-hybridized carbons (Fsp3) is 0.263. The SMILES string of the molecule is CNC(=O)[C@@H](C)N(Cc1ccc(Cl)cc1Cl)C(=O)COc1ccccc1. The van der Waals surface area contributed by atoms with Crippen molar-refractivity contribution >= 4 is 35.0 Å². The number of nitrogens with one attached hydrogen (secondary N) is 1. The number of para-hydroxylation sites is 1. The van der Waals surface area contributed by atoms with Crippen molar-refractivity contribution in [3.63, 3.8) is 0 Å². The van der Waals surface area contributed by atoms with Gasteiger partial charge in [-0.05, 0) is 36.8 Å². The van der Waals surface area contributed by atoms with Crippen LogP contribution in [0.15, 0.2) is 48.5 Å². The topological polar surface area (TPSA) is 58.6 Å². The van der Waals surface area contributed by atoms with Gasteiger partial charge in [0.1, 0.15) is 11.8 Å². The predicted octanol–water partition coefficient (Wildman–Crippen LogP) is 3.54. The van der Waals surface area contributed by atoms with Gasteiger partial charge in [0.25, 0.3) is 5.91 Å². The van der Waals surface area contributed by atoms with Crippen molar-refractivity contribution in [2.75, 3.05) is 13.7 Å². The van der Waals surface area contributed by atoms with E-state index in [9.17, 15) is 9.59 Å². The normalized spacial score (nSPS) is 11.5. The van der Waals surface area contributed by atoms with E-state index in [1.54, 1.807) is 37.3 Å². The molecule has 0 spiro atoms. The number of hydrogen-bond acceptors (Lipinski definition) is 3. The number of carbonyl (C=O) groups excluding carboxylic acids is 2. The highest BCUT2D eigenvalue weighted by Gasteiger charge is 2.26. The molecular formula is C19H20Cl2N2O3. The smallest absolute Gasteiger partial charge is 0.261 e. The van der Waals surface area contributed by atoms with Crippen molar-refractivity contribution in [3.8, 4) is 5.75 Å². The zero-order valence-electron chi connectivity index (χ0n) is 14.5. The molecule has 2 aromatic carbocycles. The minimum Gasteiger partial charge on any atom is -0.484 e. The Balaban J connectivity index is 2.16. The first-order valence-corrected chi connectivity index (χ1v) is 8.80. The Hall–Kier alpha value is -2.24. The van der Waals surface area contributed by atoms with Crippen molar-refractivity contribution in [3.05, 3.63) is 64.1 Å². The van der Waals surface area contributed by atoms with E-state index in [-0.39, 0.29) is 25.0 Å². The molecule has 0 aromatic heterocycles. The van der Waals surface area contributed by atoms with Crippen LogP contribution in [0.2, 0.25) is 10.0 Å². The third-order valence-corrected chi connectivity index (χ3v) is 4.46. The van der Waals surface area contributed by atoms with Crippen LogP contribution < -0.4 is 10.1 Å². The van der Waals surface area contributed by atoms with Crippen LogP contribution in [-0.4, -0.2) is 36.4 Å². The molecule has 7 heteroatoms. The van der Waals surface area contributed by atoms with Crippen LogP contribution in [0.1, 0.15) is 12.5 Å². The first-order valence-electron chi connectivity index (χ1n) is 8.05. The summed E-state index contributed by atoms with van der Waals surface area (Å²) in [4.78, 5) is 26.2. The molecule has 138 valence electrons. The third-order valence-electron chi connectivity index (χ3n) is 3.88. The van der Waals surface area contributed by atoms with Crippen molar-refractivity contribution < 1.29 is 14.3 Å². The number of hydrogen-bond donors (Lipinski definition) is 1. The van der Waals surface area contributed by atoms with E-state index in [1.165, 1.54) is 11.9 Å². The molecule has 0 aliphatic heterocycles. The Morgan fingerprint density at radius 3 is 2.46 bits per heavy atom. The number of carbonyl (C=O) groups is 2. The lowest BCUT2D eigenvalue weighted by molar-refractivity contribution is -0.142. The van der Waals surface area contributed by atoms with Crippen molar-refractivity contribution in [2.24, 2.45) is 0 Å². The highest BCUT2D eigenvalue weighted by molar-refractivity contribution is 6.35. The highest BCUT2D eigenvalue weighted by atomic mass is 35.5. The molecule has 0 saturated heterocycles. The molecule has 0 heterocycles. The molecule has 2 rings (SSSR count). The molecule has 0 bridgehead atoms. The summed E-state index contributed by atoms with van der Waals surface area (Å²) < 4.78 is 5.52. The van der Waals surface area contributed by atoms with E-state index in [2.05, 4.69) is 5.32 Å². The first kappa shape index (κ1) is 20.1. The quantitative estimate of drug-likeness (QED) is 0.780. The van der Waals surface area contributed by atoms with Crippen molar-refractivity contribution in [2.45, 2.75) is 19.5 Å². The first-order chi connectivity index (χ1) is 12.4. The molecule has 0 aliphatic rings. The molecule has 0 fully saturated rings. The van der Waals surface area contributed by atoms with Gasteiger partial charge in [-0.15, -0.1) is 0 Å². The summed E-state index contributed by atoms with van der Waals surface area (Å²) >= 11 is 12.1. The van der Waals surface area contributed by atoms with Crippen molar-refractivity contribution in [1.82, 2.24) is 10.2 Å². The average molecular weight is 395 g/mol. The molecule has 2 aromatic rings. The highest BCUT2D eigenvalue weighted by Crippen LogP contribution is 2.23. The minimum atomic E-state index is -0.682. The largest absolute Gasteiger partial charge is 0.484 e. The summed E-state index contributed by atoms with van der Waals surface area (Å²) in [5, 5.41) is 3.49. The summed E-state index contributed by atoms with van der Waals surface area (Å²) in [6.07, 6.45) is 0. The summed E-state index contributed by atoms with van der Waals surface area (Å²) in [6.45, 7) is 1.64. The van der Waals surface area contributed by atoms with Gasteiger partial charge in [-0.2, -0.15) is 0 Å². The minimum absolute atomic E-state index is 0.168. The van der Waals surface area contributed by atoms with Gasteiger partial charge in [-0.1, -0.05) is 47.5 Å². The lowest BCUT2D eigenvalue weighted by Crippen LogP contribution is -2.48. The van der Waals surface area contributed by atoms with Gasteiger partial charge in [0.2, 0.25) is 5.91 Å². The van der Waals surface area contributed by atoms with Crippen LogP contribution >= 0.6 is 23.2 Å². The zero-order valence-corrected chi connectivity index (χ0v) is 16.1. The summed E-state index contributed by atoms with van der Waals surface area (Å²) in [7, 11) is 1.53. The number of nitrogens with zero attached hydrogens (tertiary/aromatic N) is 1. The molecule has 2 amide bonds. The van der Waals surface area contributed by atoms with E-state index < -0.39 is 6.04 Å². The predicted molar refractivity (Wildman–Crippen MR) is 102 cm³/mol. The molecule has 0 aliphatic carbocycles. The van der Waals surface area contributed by atoms with Gasteiger partial charge < -0.3 is 15.0 Å². The van der Waals surface area contributed by atoms with Gasteiger partial charge in [-0.25, -0.2) is 0 Å². The van der Waals surface area contributed by atoms with E-state index in [0.717, 1.165) is 0 Å². The second-order valence-corrected chi connectivity index (χ2v) is 6.49. The van der Waals surface area contributed by atoms with Crippen LogP contribution in [0.4, 0.5) is 0 Å². The second-order valence-electron chi connectivity index (χ2n) is 5.65. The van der Waals surface area contributed by atoms with Gasteiger partial charge in [0.15, 0.2) is 6.61 Å². The fourth-order valence-electron chi connectivity index (χ4n) is 2.37. The van der Waals surface area contributed by atoms with E-state index in [4.69, 9.17) is 27.9 Å². The summed E-state index contributed by atoms with van der Waals surface area (Å²) in [5.41, 5.74) is 0.694. The number of likely N-dealkylation sites (N-methyl/N-ethyl adjacent to an activating group) is 1. The molecule has 0 radical (unpaired) electrons. The van der Waals surface area contributed by atoms with E-state index in [1.807, 2.05) is 18.2 Å². The molecule has 26 heavy (non-hydrogen) atoms. The Kier molecular flexibility index (Phi) is 7.30. The van der Waals surface area contributed by atoms with Crippen molar-refractivity contribution in [1.29, 1.82) is 0 Å². The van der Waals surface area contributed by atoms with E-state index >= 15 is 0 Å². The monoisotopic (exact) mass is 394 g/mol. The van der Waals surface area contributed by atoms with Crippen LogP contribution in [0, 0.1) is 0 Å². The molecule has 1 N–H and O–H groups in total.